The van der Waals surface area contributed by atoms with Crippen LogP contribution in [0, 0.1) is 0 Å². The summed E-state index contributed by atoms with van der Waals surface area (Å²) in [6.07, 6.45) is 0. The van der Waals surface area contributed by atoms with E-state index in [0.29, 0.717) is 6.54 Å². The maximum Gasteiger partial charge on any atom is 0.238 e. The van der Waals surface area contributed by atoms with Gasteiger partial charge in [-0.15, -0.1) is 0 Å². The average Bonchev–Trinajstić information content (AvgIpc) is 2.76. The molecule has 0 atom stereocenters. The number of carbonyl (C=O) groups is 1. The Balaban J connectivity index is 1.23. The zero-order valence-corrected chi connectivity index (χ0v) is 17.3. The van der Waals surface area contributed by atoms with Gasteiger partial charge < -0.3 is 20.0 Å². The van der Waals surface area contributed by atoms with E-state index in [1.165, 1.54) is 11.4 Å². The van der Waals surface area contributed by atoms with E-state index < -0.39 is 0 Å². The summed E-state index contributed by atoms with van der Waals surface area (Å²) in [5.74, 6) is 0.0607. The Morgan fingerprint density at radius 3 is 1.93 bits per heavy atom. The number of carbonyl (C=O) groups excluding carboxylic acids is 1. The van der Waals surface area contributed by atoms with Gasteiger partial charge in [0.05, 0.1) is 6.54 Å². The van der Waals surface area contributed by atoms with Crippen LogP contribution in [0.2, 0.25) is 0 Å². The fourth-order valence-corrected chi connectivity index (χ4v) is 4.03. The number of piperazine rings is 2. The fraction of sp³-hybridized carbons (Fsp3) is 0.435. The second kappa shape index (κ2) is 9.29. The number of hydrogen-bond donors (Lipinski definition) is 1. The second-order valence-corrected chi connectivity index (χ2v) is 7.98. The molecule has 6 heteroatoms. The summed E-state index contributed by atoms with van der Waals surface area (Å²) >= 11 is 0. The molecule has 1 amide bonds. The number of benzene rings is 2. The molecular weight excluding hydrogens is 362 g/mol. The molecule has 6 nitrogen and oxygen atoms in total. The standard InChI is InChI=1S/C23H31N5O/c1-25-11-15-27(16-12-25)22-9-7-20(8-10-22)24-23(29)19-26-13-17-28(18-14-26)21-5-3-2-4-6-21/h2-10H,11-19H2,1H3,(H,24,29). The molecule has 0 aliphatic carbocycles. The van der Waals surface area contributed by atoms with Crippen LogP contribution in [0.25, 0.3) is 0 Å². The highest BCUT2D eigenvalue weighted by Gasteiger charge is 2.19. The van der Waals surface area contributed by atoms with Gasteiger partial charge in [-0.3, -0.25) is 9.69 Å². The van der Waals surface area contributed by atoms with Crippen LogP contribution in [0.5, 0.6) is 0 Å². The first-order chi connectivity index (χ1) is 14.2. The molecule has 2 saturated heterocycles. The van der Waals surface area contributed by atoms with Crippen molar-refractivity contribution in [1.29, 1.82) is 0 Å². The summed E-state index contributed by atoms with van der Waals surface area (Å²) in [5, 5.41) is 3.05. The predicted molar refractivity (Wildman–Crippen MR) is 120 cm³/mol. The van der Waals surface area contributed by atoms with Crippen molar-refractivity contribution in [2.24, 2.45) is 0 Å². The largest absolute Gasteiger partial charge is 0.369 e. The van der Waals surface area contributed by atoms with Crippen LogP contribution < -0.4 is 15.1 Å². The lowest BCUT2D eigenvalue weighted by Crippen LogP contribution is -2.48. The molecule has 2 aromatic carbocycles. The van der Waals surface area contributed by atoms with Gasteiger partial charge in [-0.25, -0.2) is 0 Å². The Morgan fingerprint density at radius 1 is 0.759 bits per heavy atom. The molecule has 2 aliphatic heterocycles. The monoisotopic (exact) mass is 393 g/mol. The zero-order chi connectivity index (χ0) is 20.1. The number of amides is 1. The molecule has 2 fully saturated rings. The van der Waals surface area contributed by atoms with Crippen molar-refractivity contribution in [3.05, 3.63) is 54.6 Å². The van der Waals surface area contributed by atoms with Crippen molar-refractivity contribution in [2.45, 2.75) is 0 Å². The highest BCUT2D eigenvalue weighted by Crippen LogP contribution is 2.20. The molecule has 0 aromatic heterocycles. The minimum atomic E-state index is 0.0607. The van der Waals surface area contributed by atoms with Gasteiger partial charge in [-0.05, 0) is 43.4 Å². The number of anilines is 3. The number of nitrogens with zero attached hydrogens (tertiary/aromatic N) is 4. The number of para-hydroxylation sites is 1. The zero-order valence-electron chi connectivity index (χ0n) is 17.3. The molecule has 0 unspecified atom stereocenters. The average molecular weight is 394 g/mol. The Bertz CT molecular complexity index is 779. The summed E-state index contributed by atoms with van der Waals surface area (Å²) in [5.41, 5.74) is 3.36. The van der Waals surface area contributed by atoms with Crippen LogP contribution in [-0.2, 0) is 4.79 Å². The third-order valence-corrected chi connectivity index (χ3v) is 5.88. The van der Waals surface area contributed by atoms with Crippen LogP contribution in [0.4, 0.5) is 17.1 Å². The van der Waals surface area contributed by atoms with Crippen molar-refractivity contribution in [3.8, 4) is 0 Å². The van der Waals surface area contributed by atoms with Crippen molar-refractivity contribution in [1.82, 2.24) is 9.80 Å². The van der Waals surface area contributed by atoms with Crippen molar-refractivity contribution in [2.75, 3.05) is 81.1 Å². The van der Waals surface area contributed by atoms with E-state index in [2.05, 4.69) is 68.4 Å². The first-order valence-electron chi connectivity index (χ1n) is 10.5. The summed E-state index contributed by atoms with van der Waals surface area (Å²) < 4.78 is 0. The van der Waals surface area contributed by atoms with Crippen molar-refractivity contribution >= 4 is 23.0 Å². The summed E-state index contributed by atoms with van der Waals surface area (Å²) in [6.45, 7) is 8.46. The molecule has 1 N–H and O–H groups in total. The quantitative estimate of drug-likeness (QED) is 0.844. The highest BCUT2D eigenvalue weighted by atomic mass is 16.2. The first-order valence-corrected chi connectivity index (χ1v) is 10.5. The summed E-state index contributed by atoms with van der Waals surface area (Å²) in [7, 11) is 2.16. The Hall–Kier alpha value is -2.57. The van der Waals surface area contributed by atoms with Gasteiger partial charge >= 0.3 is 0 Å². The van der Waals surface area contributed by atoms with E-state index in [-0.39, 0.29) is 5.91 Å². The van der Waals surface area contributed by atoms with Gasteiger partial charge in [0.25, 0.3) is 0 Å². The highest BCUT2D eigenvalue weighted by molar-refractivity contribution is 5.92. The summed E-state index contributed by atoms with van der Waals surface area (Å²) in [6, 6.07) is 18.7. The first kappa shape index (κ1) is 19.7. The number of rotatable bonds is 5. The Kier molecular flexibility index (Phi) is 6.32. The Morgan fingerprint density at radius 2 is 1.31 bits per heavy atom. The molecule has 29 heavy (non-hydrogen) atoms. The minimum absolute atomic E-state index is 0.0607. The fourth-order valence-electron chi connectivity index (χ4n) is 4.03. The van der Waals surface area contributed by atoms with Crippen molar-refractivity contribution in [3.63, 3.8) is 0 Å². The van der Waals surface area contributed by atoms with Gasteiger partial charge in [-0.1, -0.05) is 18.2 Å². The van der Waals surface area contributed by atoms with E-state index in [1.54, 1.807) is 0 Å². The summed E-state index contributed by atoms with van der Waals surface area (Å²) in [4.78, 5) is 21.8. The lowest BCUT2D eigenvalue weighted by molar-refractivity contribution is -0.117. The van der Waals surface area contributed by atoms with E-state index in [4.69, 9.17) is 0 Å². The van der Waals surface area contributed by atoms with E-state index in [0.717, 1.165) is 58.0 Å². The lowest BCUT2D eigenvalue weighted by Gasteiger charge is -2.35. The molecule has 2 aliphatic rings. The van der Waals surface area contributed by atoms with Gasteiger partial charge in [0.15, 0.2) is 0 Å². The van der Waals surface area contributed by atoms with E-state index >= 15 is 0 Å². The maximum absolute atomic E-state index is 12.5. The normalized spacial score (nSPS) is 18.7. The van der Waals surface area contributed by atoms with Gasteiger partial charge in [-0.2, -0.15) is 0 Å². The van der Waals surface area contributed by atoms with Crippen LogP contribution in [0.15, 0.2) is 54.6 Å². The van der Waals surface area contributed by atoms with Crippen LogP contribution in [0.3, 0.4) is 0 Å². The van der Waals surface area contributed by atoms with E-state index in [1.807, 2.05) is 18.2 Å². The second-order valence-electron chi connectivity index (χ2n) is 7.98. The molecule has 154 valence electrons. The maximum atomic E-state index is 12.5. The number of likely N-dealkylation sites (N-methyl/N-ethyl adjacent to an activating group) is 1. The smallest absolute Gasteiger partial charge is 0.238 e. The van der Waals surface area contributed by atoms with Gasteiger partial charge in [0.2, 0.25) is 5.91 Å². The van der Waals surface area contributed by atoms with Crippen molar-refractivity contribution < 1.29 is 4.79 Å². The van der Waals surface area contributed by atoms with Crippen LogP contribution in [0.1, 0.15) is 0 Å². The molecule has 2 heterocycles. The van der Waals surface area contributed by atoms with Gasteiger partial charge in [0.1, 0.15) is 0 Å². The topological polar surface area (TPSA) is 42.1 Å². The van der Waals surface area contributed by atoms with Crippen LogP contribution in [-0.4, -0.2) is 81.7 Å². The molecule has 4 rings (SSSR count). The molecular formula is C23H31N5O. The molecule has 0 radical (unpaired) electrons. The minimum Gasteiger partial charge on any atom is -0.369 e. The molecule has 0 spiro atoms. The van der Waals surface area contributed by atoms with E-state index in [9.17, 15) is 4.79 Å². The van der Waals surface area contributed by atoms with Crippen LogP contribution >= 0.6 is 0 Å². The van der Waals surface area contributed by atoms with Gasteiger partial charge in [0, 0.05) is 69.4 Å². The SMILES string of the molecule is CN1CCN(c2ccc(NC(=O)CN3CCN(c4ccccc4)CC3)cc2)CC1. The number of nitrogens with one attached hydrogen (secondary N) is 1. The molecule has 0 bridgehead atoms. The number of hydrogen-bond acceptors (Lipinski definition) is 5. The lowest BCUT2D eigenvalue weighted by atomic mass is 10.2. The third-order valence-electron chi connectivity index (χ3n) is 5.88. The predicted octanol–water partition coefficient (Wildman–Crippen LogP) is 2.20. The Labute approximate surface area is 173 Å². The molecule has 0 saturated carbocycles. The molecule has 2 aromatic rings. The third kappa shape index (κ3) is 5.28.